The van der Waals surface area contributed by atoms with Gasteiger partial charge in [0, 0.05) is 19.2 Å². The number of carbonyl (C=O) groups excluding carboxylic acids is 1. The molecule has 0 aliphatic carbocycles. The molecule has 0 aliphatic rings. The Hall–Kier alpha value is -2.66. The fraction of sp³-hybridized carbons (Fsp3) is 0.300. The van der Waals surface area contributed by atoms with Crippen molar-refractivity contribution in [2.24, 2.45) is 0 Å². The van der Waals surface area contributed by atoms with Crippen LogP contribution in [-0.2, 0) is 17.8 Å². The number of aliphatic hydroxyl groups is 1. The first-order valence-electron chi connectivity index (χ1n) is 8.40. The summed E-state index contributed by atoms with van der Waals surface area (Å²) >= 11 is 0. The number of para-hydroxylation sites is 1. The highest BCUT2D eigenvalue weighted by Gasteiger charge is 2.17. The number of fused-ring (bicyclic) bond motifs is 1. The number of imidazole rings is 1. The number of rotatable bonds is 5. The zero-order valence-electron chi connectivity index (χ0n) is 14.9. The molecule has 0 fully saturated rings. The van der Waals surface area contributed by atoms with Crippen LogP contribution in [-0.4, -0.2) is 34.2 Å². The predicted molar refractivity (Wildman–Crippen MR) is 99.8 cm³/mol. The van der Waals surface area contributed by atoms with Crippen LogP contribution in [0.25, 0.3) is 11.0 Å². The molecule has 0 saturated heterocycles. The van der Waals surface area contributed by atoms with Crippen molar-refractivity contribution in [1.29, 1.82) is 0 Å². The van der Waals surface area contributed by atoms with Gasteiger partial charge < -0.3 is 14.6 Å². The first kappa shape index (κ1) is 17.2. The summed E-state index contributed by atoms with van der Waals surface area (Å²) in [7, 11) is 1.78. The van der Waals surface area contributed by atoms with Gasteiger partial charge in [0.2, 0.25) is 5.91 Å². The van der Waals surface area contributed by atoms with Gasteiger partial charge >= 0.3 is 0 Å². The van der Waals surface area contributed by atoms with Gasteiger partial charge in [0.05, 0.1) is 17.6 Å². The van der Waals surface area contributed by atoms with Crippen molar-refractivity contribution in [1.82, 2.24) is 9.55 Å². The van der Waals surface area contributed by atoms with Crippen LogP contribution in [0.15, 0.2) is 42.5 Å². The minimum atomic E-state index is -0.0251. The number of nitrogens with zero attached hydrogens (tertiary/aromatic N) is 3. The van der Waals surface area contributed by atoms with E-state index < -0.39 is 0 Å². The minimum absolute atomic E-state index is 0.00397. The Bertz CT molecular complexity index is 900. The lowest BCUT2D eigenvalue weighted by Crippen LogP contribution is -2.30. The van der Waals surface area contributed by atoms with E-state index in [1.807, 2.05) is 47.9 Å². The molecule has 1 amide bonds. The molecule has 130 valence electrons. The van der Waals surface area contributed by atoms with E-state index in [4.69, 9.17) is 0 Å². The molecule has 1 N–H and O–H groups in total. The van der Waals surface area contributed by atoms with Gasteiger partial charge in [-0.25, -0.2) is 4.98 Å². The monoisotopic (exact) mass is 337 g/mol. The number of anilines is 1. The first-order valence-corrected chi connectivity index (χ1v) is 8.40. The number of hydrogen-bond donors (Lipinski definition) is 1. The van der Waals surface area contributed by atoms with E-state index in [1.54, 1.807) is 11.9 Å². The van der Waals surface area contributed by atoms with Crippen LogP contribution in [0.1, 0.15) is 17.0 Å². The quantitative estimate of drug-likeness (QED) is 0.779. The molecule has 0 saturated carbocycles. The molecule has 5 nitrogen and oxygen atoms in total. The van der Waals surface area contributed by atoms with Crippen molar-refractivity contribution in [2.75, 3.05) is 18.6 Å². The summed E-state index contributed by atoms with van der Waals surface area (Å²) in [6.07, 6.45) is 0.426. The van der Waals surface area contributed by atoms with Crippen molar-refractivity contribution < 1.29 is 9.90 Å². The maximum atomic E-state index is 12.8. The number of carbonyl (C=O) groups is 1. The SMILES string of the molecule is Cc1cc2nc(CCO)n(CC(=O)N(C)c3ccccc3)c2cc1C. The third-order valence-corrected chi connectivity index (χ3v) is 4.59. The van der Waals surface area contributed by atoms with Gasteiger partial charge in [0.15, 0.2) is 0 Å². The molecule has 0 radical (unpaired) electrons. The Balaban J connectivity index is 1.97. The molecule has 0 bridgehead atoms. The largest absolute Gasteiger partial charge is 0.396 e. The highest BCUT2D eigenvalue weighted by Crippen LogP contribution is 2.22. The van der Waals surface area contributed by atoms with Gasteiger partial charge in [-0.3, -0.25) is 4.79 Å². The van der Waals surface area contributed by atoms with Crippen molar-refractivity contribution in [2.45, 2.75) is 26.8 Å². The Labute approximate surface area is 147 Å². The maximum Gasteiger partial charge on any atom is 0.246 e. The molecule has 0 unspecified atom stereocenters. The van der Waals surface area contributed by atoms with Gasteiger partial charge in [-0.15, -0.1) is 0 Å². The molecule has 0 aliphatic heterocycles. The second-order valence-electron chi connectivity index (χ2n) is 6.30. The summed E-state index contributed by atoms with van der Waals surface area (Å²) in [4.78, 5) is 19.0. The molecule has 25 heavy (non-hydrogen) atoms. The normalized spacial score (nSPS) is 11.0. The van der Waals surface area contributed by atoms with Crippen LogP contribution in [0.5, 0.6) is 0 Å². The number of benzene rings is 2. The summed E-state index contributed by atoms with van der Waals surface area (Å²) in [6, 6.07) is 13.7. The van der Waals surface area contributed by atoms with E-state index in [9.17, 15) is 9.90 Å². The lowest BCUT2D eigenvalue weighted by molar-refractivity contribution is -0.118. The van der Waals surface area contributed by atoms with Crippen molar-refractivity contribution in [3.63, 3.8) is 0 Å². The average molecular weight is 337 g/mol. The molecule has 1 aromatic heterocycles. The summed E-state index contributed by atoms with van der Waals surface area (Å²) in [5.41, 5.74) is 4.98. The summed E-state index contributed by atoms with van der Waals surface area (Å²) in [6.45, 7) is 4.30. The fourth-order valence-electron chi connectivity index (χ4n) is 2.93. The second-order valence-corrected chi connectivity index (χ2v) is 6.30. The van der Waals surface area contributed by atoms with Crippen LogP contribution >= 0.6 is 0 Å². The van der Waals surface area contributed by atoms with Crippen LogP contribution in [0.2, 0.25) is 0 Å². The molecule has 3 aromatic rings. The second kappa shape index (κ2) is 7.07. The highest BCUT2D eigenvalue weighted by atomic mass is 16.3. The Morgan fingerprint density at radius 3 is 2.52 bits per heavy atom. The standard InChI is InChI=1S/C20H23N3O2/c1-14-11-17-18(12-15(14)2)23(19(21-17)9-10-24)13-20(25)22(3)16-7-5-4-6-8-16/h4-8,11-12,24H,9-10,13H2,1-3H3. The number of aliphatic hydroxyl groups excluding tert-OH is 1. The topological polar surface area (TPSA) is 58.4 Å². The third-order valence-electron chi connectivity index (χ3n) is 4.59. The van der Waals surface area contributed by atoms with Crippen molar-refractivity contribution in [3.8, 4) is 0 Å². The molecule has 0 spiro atoms. The smallest absolute Gasteiger partial charge is 0.246 e. The number of hydrogen-bond acceptors (Lipinski definition) is 3. The Morgan fingerprint density at radius 2 is 1.84 bits per heavy atom. The van der Waals surface area contributed by atoms with Crippen LogP contribution < -0.4 is 4.90 Å². The maximum absolute atomic E-state index is 12.8. The van der Waals surface area contributed by atoms with Crippen LogP contribution in [0.3, 0.4) is 0 Å². The van der Waals surface area contributed by atoms with Crippen molar-refractivity contribution >= 4 is 22.6 Å². The molecule has 5 heteroatoms. The van der Waals surface area contributed by atoms with Crippen LogP contribution in [0, 0.1) is 13.8 Å². The minimum Gasteiger partial charge on any atom is -0.396 e. The lowest BCUT2D eigenvalue weighted by Gasteiger charge is -2.18. The van der Waals surface area contributed by atoms with E-state index in [0.717, 1.165) is 28.1 Å². The summed E-state index contributed by atoms with van der Waals surface area (Å²) < 4.78 is 1.92. The van der Waals surface area contributed by atoms with E-state index in [1.165, 1.54) is 5.56 Å². The lowest BCUT2D eigenvalue weighted by atomic mass is 10.1. The third kappa shape index (κ3) is 3.42. The molecule has 0 atom stereocenters. The summed E-state index contributed by atoms with van der Waals surface area (Å²) in [5, 5.41) is 9.35. The first-order chi connectivity index (χ1) is 12.0. The Morgan fingerprint density at radius 1 is 1.16 bits per heavy atom. The molecule has 3 rings (SSSR count). The fourth-order valence-corrected chi connectivity index (χ4v) is 2.93. The predicted octanol–water partition coefficient (Wildman–Crippen LogP) is 2.85. The van der Waals surface area contributed by atoms with Gasteiger partial charge in [-0.2, -0.15) is 0 Å². The molecule has 2 aromatic carbocycles. The highest BCUT2D eigenvalue weighted by molar-refractivity contribution is 5.93. The zero-order valence-corrected chi connectivity index (χ0v) is 14.9. The van der Waals surface area contributed by atoms with Gasteiger partial charge in [0.25, 0.3) is 0 Å². The number of aromatic nitrogens is 2. The summed E-state index contributed by atoms with van der Waals surface area (Å²) in [5.74, 6) is 0.709. The van der Waals surface area contributed by atoms with E-state index in [-0.39, 0.29) is 19.1 Å². The van der Waals surface area contributed by atoms with Crippen molar-refractivity contribution in [3.05, 3.63) is 59.4 Å². The van der Waals surface area contributed by atoms with Gasteiger partial charge in [-0.1, -0.05) is 18.2 Å². The van der Waals surface area contributed by atoms with E-state index >= 15 is 0 Å². The van der Waals surface area contributed by atoms with E-state index in [0.29, 0.717) is 6.42 Å². The van der Waals surface area contributed by atoms with Gasteiger partial charge in [-0.05, 0) is 49.2 Å². The molecular weight excluding hydrogens is 314 g/mol. The number of likely N-dealkylation sites (N-methyl/N-ethyl adjacent to an activating group) is 1. The zero-order chi connectivity index (χ0) is 18.0. The van der Waals surface area contributed by atoms with E-state index in [2.05, 4.69) is 18.0 Å². The van der Waals surface area contributed by atoms with Gasteiger partial charge in [0.1, 0.15) is 12.4 Å². The number of aryl methyl sites for hydroxylation is 2. The molecule has 1 heterocycles. The number of amides is 1. The Kier molecular flexibility index (Phi) is 4.86. The average Bonchev–Trinajstić information content (AvgIpc) is 2.92. The molecular formula is C20H23N3O2. The van der Waals surface area contributed by atoms with Crippen LogP contribution in [0.4, 0.5) is 5.69 Å².